The smallest absolute Gasteiger partial charge is 0.246 e. The second-order valence-electron chi connectivity index (χ2n) is 10.7. The fourth-order valence-electron chi connectivity index (χ4n) is 4.78. The molecule has 0 aromatic heterocycles. The summed E-state index contributed by atoms with van der Waals surface area (Å²) >= 11 is 0. The van der Waals surface area contributed by atoms with E-state index in [1.54, 1.807) is 24.1 Å². The van der Waals surface area contributed by atoms with Gasteiger partial charge in [0.25, 0.3) is 0 Å². The van der Waals surface area contributed by atoms with E-state index in [-0.39, 0.29) is 17.9 Å². The van der Waals surface area contributed by atoms with Gasteiger partial charge in [-0.1, -0.05) is 78.9 Å². The van der Waals surface area contributed by atoms with Crippen molar-refractivity contribution in [2.45, 2.75) is 56.7 Å². The summed E-state index contributed by atoms with van der Waals surface area (Å²) in [5.74, 6) is 0.117. The highest BCUT2D eigenvalue weighted by molar-refractivity contribution is 5.93. The molecule has 0 heterocycles. The van der Waals surface area contributed by atoms with Crippen LogP contribution in [0.4, 0.5) is 0 Å². The SMILES string of the molecule is CN(C(=O)/C=C/CC(C)(C)N)[C@H](Cc1ccc2ccccc2c1)C(=O)N(C)[C@@H]1C[C@H]1c1ccccc1. The summed E-state index contributed by atoms with van der Waals surface area (Å²) in [6, 6.07) is 24.3. The van der Waals surface area contributed by atoms with Crippen molar-refractivity contribution in [1.82, 2.24) is 9.80 Å². The Bertz CT molecular complexity index is 1250. The highest BCUT2D eigenvalue weighted by Crippen LogP contribution is 2.44. The van der Waals surface area contributed by atoms with Gasteiger partial charge in [0.2, 0.25) is 11.8 Å². The number of nitrogens with two attached hydrogens (primary N) is 1. The highest BCUT2D eigenvalue weighted by Gasteiger charge is 2.45. The van der Waals surface area contributed by atoms with Gasteiger partial charge in [0.15, 0.2) is 0 Å². The van der Waals surface area contributed by atoms with Gasteiger partial charge in [-0.3, -0.25) is 9.59 Å². The van der Waals surface area contributed by atoms with Crippen molar-refractivity contribution < 1.29 is 9.59 Å². The van der Waals surface area contributed by atoms with Crippen LogP contribution >= 0.6 is 0 Å². The second kappa shape index (κ2) is 10.7. The maximum absolute atomic E-state index is 13.8. The minimum atomic E-state index is -0.601. The topological polar surface area (TPSA) is 66.6 Å². The fourth-order valence-corrected chi connectivity index (χ4v) is 4.78. The van der Waals surface area contributed by atoms with Gasteiger partial charge >= 0.3 is 0 Å². The van der Waals surface area contributed by atoms with Crippen molar-refractivity contribution in [2.75, 3.05) is 14.1 Å². The molecule has 3 aromatic rings. The number of hydrogen-bond acceptors (Lipinski definition) is 3. The van der Waals surface area contributed by atoms with E-state index in [4.69, 9.17) is 5.73 Å². The van der Waals surface area contributed by atoms with Gasteiger partial charge in [0.05, 0.1) is 0 Å². The van der Waals surface area contributed by atoms with Gasteiger partial charge in [0, 0.05) is 38.0 Å². The van der Waals surface area contributed by atoms with Crippen molar-refractivity contribution >= 4 is 22.6 Å². The zero-order valence-electron chi connectivity index (χ0n) is 21.7. The van der Waals surface area contributed by atoms with Gasteiger partial charge in [0.1, 0.15) is 6.04 Å². The van der Waals surface area contributed by atoms with Crippen LogP contribution in [0.25, 0.3) is 10.8 Å². The van der Waals surface area contributed by atoms with Crippen LogP contribution in [0.5, 0.6) is 0 Å². The highest BCUT2D eigenvalue weighted by atomic mass is 16.2. The summed E-state index contributed by atoms with van der Waals surface area (Å²) in [6.07, 6.45) is 5.31. The molecule has 2 amide bonds. The van der Waals surface area contributed by atoms with E-state index in [0.29, 0.717) is 18.8 Å². The van der Waals surface area contributed by atoms with Gasteiger partial charge in [-0.25, -0.2) is 0 Å². The molecule has 0 radical (unpaired) electrons. The minimum Gasteiger partial charge on any atom is -0.340 e. The van der Waals surface area contributed by atoms with Crippen LogP contribution in [0.3, 0.4) is 0 Å². The van der Waals surface area contributed by atoms with Crippen molar-refractivity contribution in [2.24, 2.45) is 5.73 Å². The first-order valence-electron chi connectivity index (χ1n) is 12.7. The predicted octanol–water partition coefficient (Wildman–Crippen LogP) is 4.91. The number of likely N-dealkylation sites (N-methyl/N-ethyl adjacent to an activating group) is 2. The summed E-state index contributed by atoms with van der Waals surface area (Å²) in [5, 5.41) is 2.28. The molecule has 1 aliphatic carbocycles. The Balaban J connectivity index is 1.55. The molecule has 1 aliphatic rings. The normalized spacial score (nSPS) is 18.2. The molecular formula is C31H37N3O2. The summed E-state index contributed by atoms with van der Waals surface area (Å²) in [5.41, 5.74) is 7.95. The Labute approximate surface area is 214 Å². The molecule has 1 saturated carbocycles. The van der Waals surface area contributed by atoms with Crippen molar-refractivity contribution in [1.29, 1.82) is 0 Å². The standard InChI is InChI=1S/C31H37N3O2/c1-31(2,32)18-10-15-29(35)33(3)28(20-22-16-17-23-11-8-9-14-25(23)19-22)30(36)34(4)27-21-26(27)24-12-6-5-7-13-24/h5-17,19,26-28H,18,20-21,32H2,1-4H3/b15-10+/t26-,27+,28+/m0/s1. The number of benzene rings is 3. The van der Waals surface area contributed by atoms with E-state index >= 15 is 0 Å². The van der Waals surface area contributed by atoms with E-state index < -0.39 is 11.6 Å². The molecule has 0 bridgehead atoms. The molecule has 0 saturated heterocycles. The first kappa shape index (κ1) is 25.6. The van der Waals surface area contributed by atoms with Crippen LogP contribution in [0, 0.1) is 0 Å². The molecule has 0 unspecified atom stereocenters. The first-order chi connectivity index (χ1) is 17.1. The average molecular weight is 484 g/mol. The molecule has 0 aliphatic heterocycles. The van der Waals surface area contributed by atoms with E-state index in [1.165, 1.54) is 5.56 Å². The summed E-state index contributed by atoms with van der Waals surface area (Å²) in [6.45, 7) is 3.84. The van der Waals surface area contributed by atoms with Crippen LogP contribution in [0.2, 0.25) is 0 Å². The van der Waals surface area contributed by atoms with Crippen molar-refractivity contribution in [3.8, 4) is 0 Å². The van der Waals surface area contributed by atoms with Crippen molar-refractivity contribution in [3.63, 3.8) is 0 Å². The summed E-state index contributed by atoms with van der Waals surface area (Å²) < 4.78 is 0. The maximum atomic E-state index is 13.8. The quantitative estimate of drug-likeness (QED) is 0.440. The number of amides is 2. The Morgan fingerprint density at radius 1 is 1.00 bits per heavy atom. The molecule has 36 heavy (non-hydrogen) atoms. The van der Waals surface area contributed by atoms with Crippen molar-refractivity contribution in [3.05, 3.63) is 96.1 Å². The third kappa shape index (κ3) is 6.21. The van der Waals surface area contributed by atoms with Crippen LogP contribution < -0.4 is 5.73 Å². The zero-order chi connectivity index (χ0) is 25.9. The Hall–Kier alpha value is -3.44. The van der Waals surface area contributed by atoms with E-state index in [9.17, 15) is 9.59 Å². The molecule has 3 aromatic carbocycles. The molecule has 3 atom stereocenters. The van der Waals surface area contributed by atoms with Gasteiger partial charge in [-0.05, 0) is 54.7 Å². The molecule has 4 rings (SSSR count). The summed E-state index contributed by atoms with van der Waals surface area (Å²) in [4.78, 5) is 30.4. The number of carbonyl (C=O) groups excluding carboxylic acids is 2. The van der Waals surface area contributed by atoms with Crippen LogP contribution in [-0.4, -0.2) is 53.3 Å². The minimum absolute atomic E-state index is 0.0324. The van der Waals surface area contributed by atoms with Gasteiger partial charge in [-0.15, -0.1) is 0 Å². The number of hydrogen-bond donors (Lipinski definition) is 1. The molecule has 2 N–H and O–H groups in total. The molecule has 5 nitrogen and oxygen atoms in total. The average Bonchev–Trinajstić information content (AvgIpc) is 3.67. The maximum Gasteiger partial charge on any atom is 0.246 e. The molecule has 1 fully saturated rings. The Morgan fingerprint density at radius 3 is 2.36 bits per heavy atom. The zero-order valence-corrected chi connectivity index (χ0v) is 21.7. The third-order valence-corrected chi connectivity index (χ3v) is 7.08. The van der Waals surface area contributed by atoms with Crippen LogP contribution in [-0.2, 0) is 16.0 Å². The van der Waals surface area contributed by atoms with E-state index in [0.717, 1.165) is 22.8 Å². The molecule has 5 heteroatoms. The second-order valence-corrected chi connectivity index (χ2v) is 10.7. The lowest BCUT2D eigenvalue weighted by molar-refractivity contribution is -0.141. The Kier molecular flexibility index (Phi) is 7.60. The Morgan fingerprint density at radius 2 is 1.67 bits per heavy atom. The lowest BCUT2D eigenvalue weighted by atomic mass is 9.99. The number of rotatable bonds is 9. The fraction of sp³-hybridized carbons (Fsp3) is 0.355. The number of carbonyl (C=O) groups is 2. The van der Waals surface area contributed by atoms with Gasteiger partial charge < -0.3 is 15.5 Å². The van der Waals surface area contributed by atoms with Crippen LogP contribution in [0.15, 0.2) is 84.9 Å². The number of fused-ring (bicyclic) bond motifs is 1. The molecular weight excluding hydrogens is 446 g/mol. The largest absolute Gasteiger partial charge is 0.340 e. The van der Waals surface area contributed by atoms with E-state index in [2.05, 4.69) is 42.5 Å². The summed E-state index contributed by atoms with van der Waals surface area (Å²) in [7, 11) is 3.59. The van der Waals surface area contributed by atoms with Gasteiger partial charge in [-0.2, -0.15) is 0 Å². The third-order valence-electron chi connectivity index (χ3n) is 7.08. The molecule has 188 valence electrons. The first-order valence-corrected chi connectivity index (χ1v) is 12.7. The lowest BCUT2D eigenvalue weighted by Gasteiger charge is -2.31. The number of nitrogens with zero attached hydrogens (tertiary/aromatic N) is 2. The monoisotopic (exact) mass is 483 g/mol. The predicted molar refractivity (Wildman–Crippen MR) is 147 cm³/mol. The van der Waals surface area contributed by atoms with E-state index in [1.807, 2.05) is 56.1 Å². The molecule has 0 spiro atoms. The van der Waals surface area contributed by atoms with Crippen LogP contribution in [0.1, 0.15) is 43.7 Å². The lowest BCUT2D eigenvalue weighted by Crippen LogP contribution is -2.49.